The van der Waals surface area contributed by atoms with Gasteiger partial charge in [0.15, 0.2) is 5.16 Å². The zero-order valence-electron chi connectivity index (χ0n) is 15.7. The number of hydrogen-bond donors (Lipinski definition) is 0. The number of nitrogens with zero attached hydrogens (tertiary/aromatic N) is 3. The minimum atomic E-state index is 0.495. The van der Waals surface area contributed by atoms with E-state index >= 15 is 0 Å². The minimum absolute atomic E-state index is 0.495. The molecule has 0 N–H and O–H groups in total. The van der Waals surface area contributed by atoms with Crippen LogP contribution in [0.5, 0.6) is 0 Å². The van der Waals surface area contributed by atoms with Gasteiger partial charge in [0.2, 0.25) is 0 Å². The second-order valence-corrected chi connectivity index (χ2v) is 9.04. The molecule has 146 valence electrons. The van der Waals surface area contributed by atoms with Gasteiger partial charge in [-0.2, -0.15) is 0 Å². The lowest BCUT2D eigenvalue weighted by Crippen LogP contribution is -2.13. The number of thioether (sulfide) groups is 1. The molecule has 3 aromatic rings. The SMILES string of the molecule is Clc1ccc(Cn2c(SCc3ccccc3)nnc2C2CCCCC2)cc1Cl. The normalized spacial score (nSPS) is 15.1. The van der Waals surface area contributed by atoms with Gasteiger partial charge >= 0.3 is 0 Å². The van der Waals surface area contributed by atoms with Crippen molar-refractivity contribution in [2.45, 2.75) is 55.5 Å². The predicted octanol–water partition coefficient (Wildman–Crippen LogP) is 6.97. The van der Waals surface area contributed by atoms with Crippen LogP contribution in [-0.4, -0.2) is 14.8 Å². The molecule has 28 heavy (non-hydrogen) atoms. The molecule has 1 aromatic heterocycles. The van der Waals surface area contributed by atoms with Crippen molar-refractivity contribution in [3.63, 3.8) is 0 Å². The summed E-state index contributed by atoms with van der Waals surface area (Å²) in [5.41, 5.74) is 2.41. The highest BCUT2D eigenvalue weighted by Gasteiger charge is 2.23. The van der Waals surface area contributed by atoms with E-state index < -0.39 is 0 Å². The Hall–Kier alpha value is -1.49. The van der Waals surface area contributed by atoms with Gasteiger partial charge in [-0.25, -0.2) is 0 Å². The van der Waals surface area contributed by atoms with Crippen molar-refractivity contribution in [1.29, 1.82) is 0 Å². The number of rotatable bonds is 6. The summed E-state index contributed by atoms with van der Waals surface area (Å²) in [6, 6.07) is 16.3. The van der Waals surface area contributed by atoms with Gasteiger partial charge in [-0.3, -0.25) is 0 Å². The highest BCUT2D eigenvalue weighted by molar-refractivity contribution is 7.98. The maximum absolute atomic E-state index is 6.25. The van der Waals surface area contributed by atoms with Crippen molar-refractivity contribution < 1.29 is 0 Å². The lowest BCUT2D eigenvalue weighted by atomic mass is 9.88. The maximum atomic E-state index is 6.25. The van der Waals surface area contributed by atoms with E-state index in [9.17, 15) is 0 Å². The number of aromatic nitrogens is 3. The largest absolute Gasteiger partial charge is 0.301 e. The Morgan fingerprint density at radius 1 is 0.893 bits per heavy atom. The van der Waals surface area contributed by atoms with E-state index in [2.05, 4.69) is 39.0 Å². The summed E-state index contributed by atoms with van der Waals surface area (Å²) >= 11 is 14.1. The Labute approximate surface area is 180 Å². The molecule has 0 bridgehead atoms. The molecular formula is C22H23Cl2N3S. The van der Waals surface area contributed by atoms with Crippen LogP contribution in [-0.2, 0) is 12.3 Å². The van der Waals surface area contributed by atoms with Gasteiger partial charge in [0.1, 0.15) is 5.82 Å². The molecule has 2 aromatic carbocycles. The van der Waals surface area contributed by atoms with Crippen LogP contribution in [0.15, 0.2) is 53.7 Å². The third-order valence-electron chi connectivity index (χ3n) is 5.25. The average Bonchev–Trinajstić information content (AvgIpc) is 3.13. The van der Waals surface area contributed by atoms with Crippen molar-refractivity contribution in [3.05, 3.63) is 75.5 Å². The zero-order chi connectivity index (χ0) is 19.3. The summed E-state index contributed by atoms with van der Waals surface area (Å²) < 4.78 is 2.28. The fourth-order valence-corrected chi connectivity index (χ4v) is 4.98. The average molecular weight is 432 g/mol. The molecule has 6 heteroatoms. The molecule has 1 heterocycles. The molecule has 1 saturated carbocycles. The van der Waals surface area contributed by atoms with Crippen LogP contribution in [0.1, 0.15) is 55.0 Å². The van der Waals surface area contributed by atoms with Crippen LogP contribution in [0.4, 0.5) is 0 Å². The summed E-state index contributed by atoms with van der Waals surface area (Å²) in [6.45, 7) is 0.715. The van der Waals surface area contributed by atoms with Crippen LogP contribution in [0, 0.1) is 0 Å². The second-order valence-electron chi connectivity index (χ2n) is 7.28. The summed E-state index contributed by atoms with van der Waals surface area (Å²) in [5, 5.41) is 11.3. The highest BCUT2D eigenvalue weighted by atomic mass is 35.5. The number of hydrogen-bond acceptors (Lipinski definition) is 3. The van der Waals surface area contributed by atoms with E-state index in [4.69, 9.17) is 23.2 Å². The molecule has 0 unspecified atom stereocenters. The van der Waals surface area contributed by atoms with Gasteiger partial charge in [-0.1, -0.05) is 90.6 Å². The summed E-state index contributed by atoms with van der Waals surface area (Å²) in [7, 11) is 0. The molecule has 1 fully saturated rings. The molecule has 3 nitrogen and oxygen atoms in total. The highest BCUT2D eigenvalue weighted by Crippen LogP contribution is 2.34. The van der Waals surface area contributed by atoms with Crippen molar-refractivity contribution >= 4 is 35.0 Å². The summed E-state index contributed by atoms with van der Waals surface area (Å²) in [4.78, 5) is 0. The van der Waals surface area contributed by atoms with Crippen molar-refractivity contribution in [1.82, 2.24) is 14.8 Å². The van der Waals surface area contributed by atoms with Gasteiger partial charge in [-0.15, -0.1) is 10.2 Å². The van der Waals surface area contributed by atoms with Gasteiger partial charge in [-0.05, 0) is 36.1 Å². The van der Waals surface area contributed by atoms with Gasteiger partial charge in [0.05, 0.1) is 16.6 Å². The molecular weight excluding hydrogens is 409 g/mol. The molecule has 1 aliphatic carbocycles. The topological polar surface area (TPSA) is 30.7 Å². The van der Waals surface area contributed by atoms with E-state index in [0.29, 0.717) is 22.5 Å². The van der Waals surface area contributed by atoms with Crippen LogP contribution in [0.25, 0.3) is 0 Å². The lowest BCUT2D eigenvalue weighted by molar-refractivity contribution is 0.415. The van der Waals surface area contributed by atoms with Gasteiger partial charge in [0.25, 0.3) is 0 Å². The Kier molecular flexibility index (Phi) is 6.61. The van der Waals surface area contributed by atoms with Crippen molar-refractivity contribution in [3.8, 4) is 0 Å². The van der Waals surface area contributed by atoms with E-state index in [-0.39, 0.29) is 0 Å². The molecule has 1 aliphatic rings. The number of benzene rings is 2. The second kappa shape index (κ2) is 9.34. The summed E-state index contributed by atoms with van der Waals surface area (Å²) in [6.07, 6.45) is 6.27. The molecule has 0 amide bonds. The predicted molar refractivity (Wildman–Crippen MR) is 117 cm³/mol. The lowest BCUT2D eigenvalue weighted by Gasteiger charge is -2.22. The van der Waals surface area contributed by atoms with Crippen LogP contribution < -0.4 is 0 Å². The molecule has 0 atom stereocenters. The molecule has 0 aliphatic heterocycles. The van der Waals surface area contributed by atoms with Crippen LogP contribution in [0.3, 0.4) is 0 Å². The minimum Gasteiger partial charge on any atom is -0.301 e. The Balaban J connectivity index is 1.61. The molecule has 0 radical (unpaired) electrons. The van der Waals surface area contributed by atoms with Crippen LogP contribution in [0.2, 0.25) is 10.0 Å². The molecule has 4 rings (SSSR count). The zero-order valence-corrected chi connectivity index (χ0v) is 18.0. The van der Waals surface area contributed by atoms with E-state index in [1.807, 2.05) is 24.3 Å². The first-order valence-corrected chi connectivity index (χ1v) is 11.5. The van der Waals surface area contributed by atoms with E-state index in [0.717, 1.165) is 22.3 Å². The first kappa shape index (κ1) is 19.8. The first-order valence-electron chi connectivity index (χ1n) is 9.74. The fraction of sp³-hybridized carbons (Fsp3) is 0.364. The summed E-state index contributed by atoms with van der Waals surface area (Å²) in [5.74, 6) is 2.49. The van der Waals surface area contributed by atoms with Crippen LogP contribution >= 0.6 is 35.0 Å². The Morgan fingerprint density at radius 2 is 1.68 bits per heavy atom. The number of halogens is 2. The Morgan fingerprint density at radius 3 is 2.43 bits per heavy atom. The van der Waals surface area contributed by atoms with E-state index in [1.54, 1.807) is 11.8 Å². The van der Waals surface area contributed by atoms with Crippen molar-refractivity contribution in [2.75, 3.05) is 0 Å². The van der Waals surface area contributed by atoms with Gasteiger partial charge in [0, 0.05) is 11.7 Å². The third kappa shape index (κ3) is 4.73. The molecule has 0 saturated heterocycles. The maximum Gasteiger partial charge on any atom is 0.191 e. The standard InChI is InChI=1S/C22H23Cl2N3S/c23-19-12-11-17(13-20(19)24)14-27-21(18-9-5-2-6-10-18)25-26-22(27)28-15-16-7-3-1-4-8-16/h1,3-4,7-8,11-13,18H,2,5-6,9-10,14-15H2. The van der Waals surface area contributed by atoms with Crippen molar-refractivity contribution in [2.24, 2.45) is 0 Å². The van der Waals surface area contributed by atoms with Gasteiger partial charge < -0.3 is 4.57 Å². The molecule has 0 spiro atoms. The first-order chi connectivity index (χ1) is 13.7. The quantitative estimate of drug-likeness (QED) is 0.394. The van der Waals surface area contributed by atoms with E-state index in [1.165, 1.54) is 37.7 Å². The fourth-order valence-electron chi connectivity index (χ4n) is 3.76. The third-order valence-corrected chi connectivity index (χ3v) is 7.03. The monoisotopic (exact) mass is 431 g/mol. The smallest absolute Gasteiger partial charge is 0.191 e. The Bertz CT molecular complexity index is 921.